The molecule has 3 nitrogen and oxygen atoms in total. The molecule has 0 bridgehead atoms. The SMILES string of the molecule is NNC(Cc1cccs1)c1cccc2ccncc12. The molecule has 19 heavy (non-hydrogen) atoms. The summed E-state index contributed by atoms with van der Waals surface area (Å²) in [6.45, 7) is 0. The van der Waals surface area contributed by atoms with Crippen LogP contribution in [0.4, 0.5) is 0 Å². The summed E-state index contributed by atoms with van der Waals surface area (Å²) in [5.74, 6) is 5.75. The molecule has 0 aliphatic rings. The quantitative estimate of drug-likeness (QED) is 0.565. The molecule has 3 N–H and O–H groups in total. The minimum absolute atomic E-state index is 0.103. The van der Waals surface area contributed by atoms with Gasteiger partial charge in [0.25, 0.3) is 0 Å². The van der Waals surface area contributed by atoms with Crippen molar-refractivity contribution in [1.29, 1.82) is 0 Å². The molecule has 0 radical (unpaired) electrons. The van der Waals surface area contributed by atoms with Crippen LogP contribution in [0.5, 0.6) is 0 Å². The van der Waals surface area contributed by atoms with Gasteiger partial charge in [-0.1, -0.05) is 24.3 Å². The van der Waals surface area contributed by atoms with E-state index in [1.165, 1.54) is 15.8 Å². The molecule has 0 amide bonds. The highest BCUT2D eigenvalue weighted by Crippen LogP contribution is 2.26. The van der Waals surface area contributed by atoms with Crippen LogP contribution < -0.4 is 11.3 Å². The smallest absolute Gasteiger partial charge is 0.0514 e. The predicted molar refractivity (Wildman–Crippen MR) is 79.8 cm³/mol. The van der Waals surface area contributed by atoms with Gasteiger partial charge in [0, 0.05) is 29.1 Å². The molecule has 2 heterocycles. The van der Waals surface area contributed by atoms with Crippen LogP contribution in [0.1, 0.15) is 16.5 Å². The molecule has 3 rings (SSSR count). The lowest BCUT2D eigenvalue weighted by Gasteiger charge is -2.17. The zero-order chi connectivity index (χ0) is 13.1. The number of fused-ring (bicyclic) bond motifs is 1. The van der Waals surface area contributed by atoms with E-state index in [-0.39, 0.29) is 6.04 Å². The largest absolute Gasteiger partial charge is 0.271 e. The lowest BCUT2D eigenvalue weighted by atomic mass is 9.98. The Balaban J connectivity index is 2.01. The summed E-state index contributed by atoms with van der Waals surface area (Å²) >= 11 is 1.76. The third-order valence-corrected chi connectivity index (χ3v) is 4.18. The van der Waals surface area contributed by atoms with Crippen molar-refractivity contribution in [1.82, 2.24) is 10.4 Å². The molecule has 0 saturated carbocycles. The maximum absolute atomic E-state index is 5.75. The van der Waals surface area contributed by atoms with Gasteiger partial charge in [0.2, 0.25) is 0 Å². The number of nitrogens with one attached hydrogen (secondary N) is 1. The van der Waals surface area contributed by atoms with E-state index < -0.39 is 0 Å². The zero-order valence-corrected chi connectivity index (χ0v) is 11.2. The summed E-state index contributed by atoms with van der Waals surface area (Å²) in [6, 6.07) is 12.6. The van der Waals surface area contributed by atoms with Crippen LogP contribution >= 0.6 is 11.3 Å². The second kappa shape index (κ2) is 5.48. The monoisotopic (exact) mass is 269 g/mol. The van der Waals surface area contributed by atoms with Gasteiger partial charge in [-0.15, -0.1) is 11.3 Å². The van der Waals surface area contributed by atoms with Crippen LogP contribution in [-0.4, -0.2) is 4.98 Å². The molecule has 0 spiro atoms. The topological polar surface area (TPSA) is 50.9 Å². The molecular weight excluding hydrogens is 254 g/mol. The third-order valence-electron chi connectivity index (χ3n) is 3.28. The molecule has 96 valence electrons. The highest BCUT2D eigenvalue weighted by molar-refractivity contribution is 7.09. The van der Waals surface area contributed by atoms with Gasteiger partial charge < -0.3 is 0 Å². The van der Waals surface area contributed by atoms with Crippen molar-refractivity contribution in [2.75, 3.05) is 0 Å². The van der Waals surface area contributed by atoms with Crippen molar-refractivity contribution >= 4 is 22.1 Å². The van der Waals surface area contributed by atoms with Crippen LogP contribution in [0.3, 0.4) is 0 Å². The molecule has 1 atom stereocenters. The fraction of sp³-hybridized carbons (Fsp3) is 0.133. The number of hydrazine groups is 1. The zero-order valence-electron chi connectivity index (χ0n) is 10.4. The van der Waals surface area contributed by atoms with Crippen molar-refractivity contribution in [3.8, 4) is 0 Å². The normalized spacial score (nSPS) is 12.7. The number of hydrogen-bond donors (Lipinski definition) is 2. The number of hydrogen-bond acceptors (Lipinski definition) is 4. The first-order valence-electron chi connectivity index (χ1n) is 6.19. The van der Waals surface area contributed by atoms with E-state index in [9.17, 15) is 0 Å². The minimum atomic E-state index is 0.103. The van der Waals surface area contributed by atoms with Crippen LogP contribution in [-0.2, 0) is 6.42 Å². The molecule has 2 aromatic heterocycles. The summed E-state index contributed by atoms with van der Waals surface area (Å²) in [5.41, 5.74) is 4.12. The summed E-state index contributed by atoms with van der Waals surface area (Å²) in [5, 5.41) is 4.44. The Morgan fingerprint density at radius 1 is 1.21 bits per heavy atom. The van der Waals surface area contributed by atoms with E-state index in [2.05, 4.69) is 46.1 Å². The first-order valence-corrected chi connectivity index (χ1v) is 7.07. The van der Waals surface area contributed by atoms with Gasteiger partial charge in [0.15, 0.2) is 0 Å². The fourth-order valence-corrected chi connectivity index (χ4v) is 3.08. The molecule has 1 aromatic carbocycles. The van der Waals surface area contributed by atoms with Gasteiger partial charge in [0.05, 0.1) is 6.04 Å². The summed E-state index contributed by atoms with van der Waals surface area (Å²) in [6.07, 6.45) is 4.61. The van der Waals surface area contributed by atoms with Crippen molar-refractivity contribution in [2.45, 2.75) is 12.5 Å². The van der Waals surface area contributed by atoms with E-state index in [4.69, 9.17) is 5.84 Å². The van der Waals surface area contributed by atoms with E-state index >= 15 is 0 Å². The predicted octanol–water partition coefficient (Wildman–Crippen LogP) is 3.04. The van der Waals surface area contributed by atoms with E-state index in [0.29, 0.717) is 0 Å². The maximum Gasteiger partial charge on any atom is 0.0514 e. The first-order chi connectivity index (χ1) is 9.38. The van der Waals surface area contributed by atoms with Gasteiger partial charge in [-0.2, -0.15) is 0 Å². The number of pyridine rings is 1. The summed E-state index contributed by atoms with van der Waals surface area (Å²) < 4.78 is 0. The molecule has 1 unspecified atom stereocenters. The maximum atomic E-state index is 5.75. The van der Waals surface area contributed by atoms with E-state index in [0.717, 1.165) is 11.8 Å². The first kappa shape index (κ1) is 12.3. The Morgan fingerprint density at radius 2 is 2.16 bits per heavy atom. The standard InChI is InChI=1S/C15H15N3S/c16-18-15(9-12-4-2-8-19-12)13-5-1-3-11-6-7-17-10-14(11)13/h1-8,10,15,18H,9,16H2. The Morgan fingerprint density at radius 3 is 2.95 bits per heavy atom. The van der Waals surface area contributed by atoms with Crippen LogP contribution in [0, 0.1) is 0 Å². The van der Waals surface area contributed by atoms with Crippen LogP contribution in [0.2, 0.25) is 0 Å². The number of thiophene rings is 1. The van der Waals surface area contributed by atoms with Gasteiger partial charge in [-0.3, -0.25) is 16.3 Å². The lowest BCUT2D eigenvalue weighted by Crippen LogP contribution is -2.29. The van der Waals surface area contributed by atoms with Gasteiger partial charge in [-0.25, -0.2) is 0 Å². The Hall–Kier alpha value is -1.75. The summed E-state index contributed by atoms with van der Waals surface area (Å²) in [4.78, 5) is 5.54. The molecule has 0 aliphatic heterocycles. The van der Waals surface area contributed by atoms with Crippen LogP contribution in [0.25, 0.3) is 10.8 Å². The lowest BCUT2D eigenvalue weighted by molar-refractivity contribution is 0.559. The van der Waals surface area contributed by atoms with Crippen molar-refractivity contribution in [3.63, 3.8) is 0 Å². The van der Waals surface area contributed by atoms with E-state index in [1.54, 1.807) is 11.3 Å². The molecular formula is C15H15N3S. The van der Waals surface area contributed by atoms with Crippen molar-refractivity contribution < 1.29 is 0 Å². The molecule has 0 saturated heterocycles. The number of aromatic nitrogens is 1. The highest BCUT2D eigenvalue weighted by Gasteiger charge is 2.14. The van der Waals surface area contributed by atoms with Crippen molar-refractivity contribution in [2.24, 2.45) is 5.84 Å². The number of rotatable bonds is 4. The highest BCUT2D eigenvalue weighted by atomic mass is 32.1. The molecule has 3 aromatic rings. The molecule has 4 heteroatoms. The van der Waals surface area contributed by atoms with Gasteiger partial charge >= 0.3 is 0 Å². The average Bonchev–Trinajstić information content (AvgIpc) is 2.97. The number of nitrogens with two attached hydrogens (primary N) is 1. The summed E-state index contributed by atoms with van der Waals surface area (Å²) in [7, 11) is 0. The third kappa shape index (κ3) is 2.51. The minimum Gasteiger partial charge on any atom is -0.271 e. The number of nitrogens with zero attached hydrogens (tertiary/aromatic N) is 1. The van der Waals surface area contributed by atoms with Crippen LogP contribution in [0.15, 0.2) is 54.2 Å². The Labute approximate surface area is 116 Å². The fourth-order valence-electron chi connectivity index (χ4n) is 2.33. The second-order valence-electron chi connectivity index (χ2n) is 4.45. The average molecular weight is 269 g/mol. The number of benzene rings is 1. The van der Waals surface area contributed by atoms with Gasteiger partial charge in [0.1, 0.15) is 0 Å². The van der Waals surface area contributed by atoms with Crippen molar-refractivity contribution in [3.05, 3.63) is 64.6 Å². The Bertz CT molecular complexity index is 659. The van der Waals surface area contributed by atoms with Gasteiger partial charge in [-0.05, 0) is 28.5 Å². The molecule has 0 aliphatic carbocycles. The second-order valence-corrected chi connectivity index (χ2v) is 5.48. The Kier molecular flexibility index (Phi) is 3.55. The van der Waals surface area contributed by atoms with E-state index in [1.807, 2.05) is 18.5 Å². The molecule has 0 fully saturated rings.